The summed E-state index contributed by atoms with van der Waals surface area (Å²) in [4.78, 5) is 26.9. The molecule has 1 unspecified atom stereocenters. The van der Waals surface area contributed by atoms with E-state index in [1.807, 2.05) is 20.8 Å². The molecule has 2 heterocycles. The average molecular weight is 289 g/mol. The van der Waals surface area contributed by atoms with Crippen LogP contribution < -0.4 is 5.32 Å². The van der Waals surface area contributed by atoms with Crippen molar-refractivity contribution in [1.82, 2.24) is 15.1 Å². The SMILES string of the molecule is CC(C)(C)N1CCC(NC(=O)N2CCC(F)(F)C2)C1=O. The van der Waals surface area contributed by atoms with Crippen molar-refractivity contribution in [2.75, 3.05) is 19.6 Å². The average Bonchev–Trinajstić information content (AvgIpc) is 2.82. The highest BCUT2D eigenvalue weighted by atomic mass is 19.3. The third-order valence-corrected chi connectivity index (χ3v) is 3.77. The Bertz CT molecular complexity index is 420. The predicted octanol–water partition coefficient (Wildman–Crippen LogP) is 1.44. The molecule has 5 nitrogen and oxygen atoms in total. The zero-order chi connectivity index (χ0) is 15.1. The highest BCUT2D eigenvalue weighted by Crippen LogP contribution is 2.27. The number of nitrogens with one attached hydrogen (secondary N) is 1. The Kier molecular flexibility index (Phi) is 3.64. The topological polar surface area (TPSA) is 52.7 Å². The van der Waals surface area contributed by atoms with Gasteiger partial charge in [0.25, 0.3) is 5.92 Å². The fourth-order valence-corrected chi connectivity index (χ4v) is 2.63. The zero-order valence-corrected chi connectivity index (χ0v) is 12.1. The summed E-state index contributed by atoms with van der Waals surface area (Å²) < 4.78 is 26.1. The lowest BCUT2D eigenvalue weighted by Crippen LogP contribution is -2.50. The summed E-state index contributed by atoms with van der Waals surface area (Å²) in [5, 5.41) is 2.57. The number of hydrogen-bond acceptors (Lipinski definition) is 2. The van der Waals surface area contributed by atoms with E-state index in [1.54, 1.807) is 4.90 Å². The van der Waals surface area contributed by atoms with Crippen LogP contribution in [0, 0.1) is 0 Å². The van der Waals surface area contributed by atoms with Crippen LogP contribution in [-0.4, -0.2) is 58.9 Å². The van der Waals surface area contributed by atoms with E-state index in [0.29, 0.717) is 13.0 Å². The second-order valence-corrected chi connectivity index (χ2v) is 6.48. The summed E-state index contributed by atoms with van der Waals surface area (Å²) >= 11 is 0. The normalized spacial score (nSPS) is 26.2. The van der Waals surface area contributed by atoms with Crippen molar-refractivity contribution in [1.29, 1.82) is 0 Å². The fourth-order valence-electron chi connectivity index (χ4n) is 2.63. The van der Waals surface area contributed by atoms with Gasteiger partial charge in [0.15, 0.2) is 0 Å². The Hall–Kier alpha value is -1.40. The molecule has 2 rings (SSSR count). The lowest BCUT2D eigenvalue weighted by Gasteiger charge is -2.32. The van der Waals surface area contributed by atoms with Crippen LogP contribution in [-0.2, 0) is 4.79 Å². The van der Waals surface area contributed by atoms with Gasteiger partial charge in [-0.3, -0.25) is 4.79 Å². The van der Waals surface area contributed by atoms with E-state index < -0.39 is 24.5 Å². The molecule has 0 aromatic rings. The van der Waals surface area contributed by atoms with Gasteiger partial charge in [0.2, 0.25) is 5.91 Å². The van der Waals surface area contributed by atoms with E-state index in [4.69, 9.17) is 0 Å². The second-order valence-electron chi connectivity index (χ2n) is 6.48. The van der Waals surface area contributed by atoms with Crippen molar-refractivity contribution >= 4 is 11.9 Å². The summed E-state index contributed by atoms with van der Waals surface area (Å²) in [5.41, 5.74) is -0.294. The summed E-state index contributed by atoms with van der Waals surface area (Å²) in [5.74, 6) is -2.95. The number of rotatable bonds is 1. The standard InChI is InChI=1S/C13H21F2N3O2/c1-12(2,3)18-6-4-9(10(18)19)16-11(20)17-7-5-13(14,15)8-17/h9H,4-8H2,1-3H3,(H,16,20). The van der Waals surface area contributed by atoms with Crippen molar-refractivity contribution in [2.45, 2.75) is 51.1 Å². The summed E-state index contributed by atoms with van der Waals surface area (Å²) in [6, 6.07) is -1.17. The van der Waals surface area contributed by atoms with Crippen LogP contribution in [0.15, 0.2) is 0 Å². The number of carbonyl (C=O) groups excluding carboxylic acids is 2. The first-order chi connectivity index (χ1) is 9.10. The van der Waals surface area contributed by atoms with Gasteiger partial charge in [0, 0.05) is 25.0 Å². The molecule has 0 bridgehead atoms. The van der Waals surface area contributed by atoms with E-state index in [1.165, 1.54) is 0 Å². The Morgan fingerprint density at radius 2 is 2.00 bits per heavy atom. The van der Waals surface area contributed by atoms with Gasteiger partial charge >= 0.3 is 6.03 Å². The molecular weight excluding hydrogens is 268 g/mol. The Balaban J connectivity index is 1.92. The van der Waals surface area contributed by atoms with Gasteiger partial charge in [-0.05, 0) is 27.2 Å². The number of amides is 3. The molecule has 7 heteroatoms. The molecular formula is C13H21F2N3O2. The van der Waals surface area contributed by atoms with Crippen molar-refractivity contribution in [3.63, 3.8) is 0 Å². The van der Waals surface area contributed by atoms with E-state index in [0.717, 1.165) is 4.90 Å². The minimum absolute atomic E-state index is 0.0305. The number of alkyl halides is 2. The number of carbonyl (C=O) groups is 2. The third kappa shape index (κ3) is 3.02. The number of nitrogens with zero attached hydrogens (tertiary/aromatic N) is 2. The molecule has 0 aromatic heterocycles. The Morgan fingerprint density at radius 3 is 2.45 bits per heavy atom. The van der Waals surface area contributed by atoms with Crippen LogP contribution >= 0.6 is 0 Å². The molecule has 20 heavy (non-hydrogen) atoms. The van der Waals surface area contributed by atoms with Crippen LogP contribution in [0.5, 0.6) is 0 Å². The van der Waals surface area contributed by atoms with Gasteiger partial charge in [-0.15, -0.1) is 0 Å². The molecule has 114 valence electrons. The monoisotopic (exact) mass is 289 g/mol. The van der Waals surface area contributed by atoms with Crippen molar-refractivity contribution in [3.8, 4) is 0 Å². The minimum Gasteiger partial charge on any atom is -0.336 e. The summed E-state index contributed by atoms with van der Waals surface area (Å²) in [7, 11) is 0. The molecule has 3 amide bonds. The number of hydrogen-bond donors (Lipinski definition) is 1. The first-order valence-corrected chi connectivity index (χ1v) is 6.85. The predicted molar refractivity (Wildman–Crippen MR) is 69.5 cm³/mol. The molecule has 0 radical (unpaired) electrons. The summed E-state index contributed by atoms with van der Waals surface area (Å²) in [6.07, 6.45) is 0.208. The molecule has 2 aliphatic rings. The molecule has 2 fully saturated rings. The molecule has 1 atom stereocenters. The second kappa shape index (κ2) is 4.86. The zero-order valence-electron chi connectivity index (χ0n) is 12.1. The molecule has 0 saturated carbocycles. The van der Waals surface area contributed by atoms with Crippen molar-refractivity contribution < 1.29 is 18.4 Å². The van der Waals surface area contributed by atoms with Crippen LogP contribution in [0.3, 0.4) is 0 Å². The molecule has 0 spiro atoms. The van der Waals surface area contributed by atoms with Crippen LogP contribution in [0.2, 0.25) is 0 Å². The van der Waals surface area contributed by atoms with Crippen LogP contribution in [0.25, 0.3) is 0 Å². The smallest absolute Gasteiger partial charge is 0.318 e. The summed E-state index contributed by atoms with van der Waals surface area (Å²) in [6.45, 7) is 5.82. The maximum atomic E-state index is 13.1. The number of halogens is 2. The highest BCUT2D eigenvalue weighted by molar-refractivity contribution is 5.89. The van der Waals surface area contributed by atoms with Gasteiger partial charge in [0.05, 0.1) is 6.54 Å². The molecule has 0 aliphatic carbocycles. The van der Waals surface area contributed by atoms with E-state index in [-0.39, 0.29) is 24.4 Å². The molecule has 2 saturated heterocycles. The van der Waals surface area contributed by atoms with E-state index in [9.17, 15) is 18.4 Å². The van der Waals surface area contributed by atoms with Crippen molar-refractivity contribution in [2.24, 2.45) is 0 Å². The molecule has 0 aromatic carbocycles. The van der Waals surface area contributed by atoms with Gasteiger partial charge in [-0.1, -0.05) is 0 Å². The molecule has 1 N–H and O–H groups in total. The Morgan fingerprint density at radius 1 is 1.35 bits per heavy atom. The lowest BCUT2D eigenvalue weighted by molar-refractivity contribution is -0.133. The van der Waals surface area contributed by atoms with Gasteiger partial charge in [0.1, 0.15) is 6.04 Å². The van der Waals surface area contributed by atoms with E-state index >= 15 is 0 Å². The van der Waals surface area contributed by atoms with Gasteiger partial charge in [-0.25, -0.2) is 13.6 Å². The van der Waals surface area contributed by atoms with E-state index in [2.05, 4.69) is 5.32 Å². The van der Waals surface area contributed by atoms with Gasteiger partial charge < -0.3 is 15.1 Å². The first-order valence-electron chi connectivity index (χ1n) is 6.85. The van der Waals surface area contributed by atoms with Gasteiger partial charge in [-0.2, -0.15) is 0 Å². The maximum Gasteiger partial charge on any atom is 0.318 e. The van der Waals surface area contributed by atoms with Crippen LogP contribution in [0.1, 0.15) is 33.6 Å². The number of likely N-dealkylation sites (tertiary alicyclic amines) is 2. The quantitative estimate of drug-likeness (QED) is 0.794. The Labute approximate surface area is 117 Å². The first kappa shape index (κ1) is 15.0. The van der Waals surface area contributed by atoms with Crippen molar-refractivity contribution in [3.05, 3.63) is 0 Å². The lowest BCUT2D eigenvalue weighted by atomic mass is 10.1. The number of urea groups is 1. The fraction of sp³-hybridized carbons (Fsp3) is 0.846. The molecule has 2 aliphatic heterocycles. The minimum atomic E-state index is -2.81. The highest BCUT2D eigenvalue weighted by Gasteiger charge is 2.43. The third-order valence-electron chi connectivity index (χ3n) is 3.77. The largest absolute Gasteiger partial charge is 0.336 e. The van der Waals surface area contributed by atoms with Crippen LogP contribution in [0.4, 0.5) is 13.6 Å². The maximum absolute atomic E-state index is 13.1.